The molecule has 2 saturated heterocycles. The number of rotatable bonds is 6. The summed E-state index contributed by atoms with van der Waals surface area (Å²) in [6.07, 6.45) is 5.24. The summed E-state index contributed by atoms with van der Waals surface area (Å²) >= 11 is 0. The van der Waals surface area contributed by atoms with Gasteiger partial charge in [-0.15, -0.1) is 0 Å². The molecule has 32 heavy (non-hydrogen) atoms. The van der Waals surface area contributed by atoms with Crippen LogP contribution in [0.15, 0.2) is 17.0 Å². The van der Waals surface area contributed by atoms with Gasteiger partial charge in [0.25, 0.3) is 0 Å². The number of nitrogens with one attached hydrogen (secondary N) is 1. The molecule has 2 bridgehead atoms. The molecule has 2 heterocycles. The highest BCUT2D eigenvalue weighted by atomic mass is 32.2. The molecule has 8 heteroatoms. The van der Waals surface area contributed by atoms with Crippen molar-refractivity contribution in [2.45, 2.75) is 70.2 Å². The van der Waals surface area contributed by atoms with Gasteiger partial charge in [0.2, 0.25) is 21.8 Å². The quantitative estimate of drug-likeness (QED) is 0.705. The number of piperidine rings is 2. The number of benzene rings is 1. The normalized spacial score (nSPS) is 25.4. The Balaban J connectivity index is 1.31. The van der Waals surface area contributed by atoms with Crippen LogP contribution in [-0.2, 0) is 19.6 Å². The topological polar surface area (TPSA) is 86.8 Å². The Kier molecular flexibility index (Phi) is 6.63. The fourth-order valence-corrected chi connectivity index (χ4v) is 7.43. The lowest BCUT2D eigenvalue weighted by Gasteiger charge is -2.36. The molecule has 1 aromatic rings. The molecule has 4 rings (SSSR count). The molecular formula is C24H35N3O4S. The van der Waals surface area contributed by atoms with E-state index >= 15 is 0 Å². The lowest BCUT2D eigenvalue weighted by Crippen LogP contribution is -2.49. The highest BCUT2D eigenvalue weighted by molar-refractivity contribution is 7.89. The average molecular weight is 462 g/mol. The van der Waals surface area contributed by atoms with Crippen LogP contribution in [0.4, 0.5) is 0 Å². The van der Waals surface area contributed by atoms with Gasteiger partial charge in [-0.25, -0.2) is 13.1 Å². The molecule has 7 nitrogen and oxygen atoms in total. The van der Waals surface area contributed by atoms with Gasteiger partial charge >= 0.3 is 0 Å². The zero-order valence-corrected chi connectivity index (χ0v) is 20.2. The molecule has 2 amide bonds. The summed E-state index contributed by atoms with van der Waals surface area (Å²) in [7, 11) is -3.69. The lowest BCUT2D eigenvalue weighted by molar-refractivity contribution is -0.142. The molecule has 2 aliphatic heterocycles. The number of aryl methyl sites for hydroxylation is 3. The van der Waals surface area contributed by atoms with Crippen LogP contribution in [0.1, 0.15) is 55.2 Å². The Labute approximate surface area is 191 Å². The van der Waals surface area contributed by atoms with Crippen LogP contribution < -0.4 is 4.72 Å². The molecule has 3 fully saturated rings. The SMILES string of the molecule is Cc1cc(C)c(S(=O)(=O)NCCC(=O)N2CCCC(C(=O)N3CC4CCC3C4)C2)c(C)c1. The molecule has 0 aromatic heterocycles. The third kappa shape index (κ3) is 4.71. The predicted octanol–water partition coefficient (Wildman–Crippen LogP) is 2.53. The first-order valence-corrected chi connectivity index (χ1v) is 13.3. The molecule has 1 aliphatic carbocycles. The summed E-state index contributed by atoms with van der Waals surface area (Å²) in [5.41, 5.74) is 2.42. The smallest absolute Gasteiger partial charge is 0.241 e. The van der Waals surface area contributed by atoms with E-state index in [-0.39, 0.29) is 30.7 Å². The third-order valence-electron chi connectivity index (χ3n) is 7.32. The molecule has 3 aliphatic rings. The van der Waals surface area contributed by atoms with Gasteiger partial charge in [0.1, 0.15) is 0 Å². The van der Waals surface area contributed by atoms with E-state index < -0.39 is 10.0 Å². The van der Waals surface area contributed by atoms with Crippen molar-refractivity contribution in [3.05, 3.63) is 28.8 Å². The number of hydrogen-bond acceptors (Lipinski definition) is 4. The van der Waals surface area contributed by atoms with Crippen LogP contribution in [0, 0.1) is 32.6 Å². The van der Waals surface area contributed by atoms with Gasteiger partial charge < -0.3 is 9.80 Å². The Morgan fingerprint density at radius 2 is 1.78 bits per heavy atom. The molecule has 3 unspecified atom stereocenters. The summed E-state index contributed by atoms with van der Waals surface area (Å²) in [4.78, 5) is 29.9. The minimum Gasteiger partial charge on any atom is -0.342 e. The number of carbonyl (C=O) groups excluding carboxylic acids is 2. The van der Waals surface area contributed by atoms with E-state index in [2.05, 4.69) is 9.62 Å². The van der Waals surface area contributed by atoms with Crippen molar-refractivity contribution in [1.82, 2.24) is 14.5 Å². The summed E-state index contributed by atoms with van der Waals surface area (Å²) < 4.78 is 28.2. The minimum absolute atomic E-state index is 0.0545. The number of sulfonamides is 1. The first-order chi connectivity index (χ1) is 15.2. The van der Waals surface area contributed by atoms with E-state index in [0.717, 1.165) is 37.8 Å². The molecule has 0 spiro atoms. The molecule has 1 N–H and O–H groups in total. The van der Waals surface area contributed by atoms with Crippen LogP contribution in [-0.4, -0.2) is 62.3 Å². The van der Waals surface area contributed by atoms with E-state index in [1.54, 1.807) is 18.7 Å². The second-order valence-electron chi connectivity index (χ2n) is 9.88. The van der Waals surface area contributed by atoms with Crippen molar-refractivity contribution >= 4 is 21.8 Å². The zero-order valence-electron chi connectivity index (χ0n) is 19.4. The largest absolute Gasteiger partial charge is 0.342 e. The Hall–Kier alpha value is -1.93. The van der Waals surface area contributed by atoms with Gasteiger partial charge in [0, 0.05) is 38.6 Å². The molecule has 1 saturated carbocycles. The highest BCUT2D eigenvalue weighted by Gasteiger charge is 2.42. The van der Waals surface area contributed by atoms with Crippen LogP contribution in [0.3, 0.4) is 0 Å². The van der Waals surface area contributed by atoms with Crippen molar-refractivity contribution in [3.63, 3.8) is 0 Å². The van der Waals surface area contributed by atoms with E-state index in [9.17, 15) is 18.0 Å². The maximum absolute atomic E-state index is 13.0. The number of fused-ring (bicyclic) bond motifs is 2. The van der Waals surface area contributed by atoms with Crippen molar-refractivity contribution in [2.75, 3.05) is 26.2 Å². The number of carbonyl (C=O) groups is 2. The van der Waals surface area contributed by atoms with E-state index in [0.29, 0.717) is 41.1 Å². The highest BCUT2D eigenvalue weighted by Crippen LogP contribution is 2.38. The molecule has 3 atom stereocenters. The third-order valence-corrected chi connectivity index (χ3v) is 9.09. The van der Waals surface area contributed by atoms with E-state index in [1.165, 1.54) is 6.42 Å². The fourth-order valence-electron chi connectivity index (χ4n) is 5.95. The first-order valence-electron chi connectivity index (χ1n) is 11.8. The maximum Gasteiger partial charge on any atom is 0.241 e. The summed E-state index contributed by atoms with van der Waals surface area (Å²) in [6, 6.07) is 4.11. The number of nitrogens with zero attached hydrogens (tertiary/aromatic N) is 2. The van der Waals surface area contributed by atoms with Gasteiger partial charge in [-0.2, -0.15) is 0 Å². The van der Waals surface area contributed by atoms with Crippen molar-refractivity contribution in [1.29, 1.82) is 0 Å². The number of likely N-dealkylation sites (tertiary alicyclic amines) is 2. The Bertz CT molecular complexity index is 983. The van der Waals surface area contributed by atoms with Gasteiger partial charge in [-0.1, -0.05) is 17.7 Å². The first kappa shape index (κ1) is 23.2. The van der Waals surface area contributed by atoms with Crippen LogP contribution in [0.5, 0.6) is 0 Å². The summed E-state index contributed by atoms with van der Waals surface area (Å²) in [5.74, 6) is 0.659. The predicted molar refractivity (Wildman–Crippen MR) is 123 cm³/mol. The van der Waals surface area contributed by atoms with Gasteiger partial charge in [0.05, 0.1) is 10.8 Å². The van der Waals surface area contributed by atoms with Crippen molar-refractivity contribution in [3.8, 4) is 0 Å². The molecule has 1 aromatic carbocycles. The van der Waals surface area contributed by atoms with E-state index in [4.69, 9.17) is 0 Å². The average Bonchev–Trinajstić information content (AvgIpc) is 3.36. The van der Waals surface area contributed by atoms with E-state index in [1.807, 2.05) is 19.1 Å². The summed E-state index contributed by atoms with van der Waals surface area (Å²) in [6.45, 7) is 7.54. The van der Waals surface area contributed by atoms with Gasteiger partial charge in [-0.05, 0) is 69.9 Å². The Morgan fingerprint density at radius 1 is 1.06 bits per heavy atom. The standard InChI is InChI=1S/C24H35N3O4S/c1-16-11-17(2)23(18(3)12-16)32(30,31)25-9-8-22(28)26-10-4-5-20(15-26)24(29)27-14-19-6-7-21(27)13-19/h11-12,19-21,25H,4-10,13-15H2,1-3H3. The van der Waals surface area contributed by atoms with Crippen molar-refractivity contribution in [2.24, 2.45) is 11.8 Å². The number of amides is 2. The fraction of sp³-hybridized carbons (Fsp3) is 0.667. The molecule has 176 valence electrons. The monoisotopic (exact) mass is 461 g/mol. The van der Waals surface area contributed by atoms with Gasteiger partial charge in [-0.3, -0.25) is 9.59 Å². The molecular weight excluding hydrogens is 426 g/mol. The second kappa shape index (κ2) is 9.14. The van der Waals surface area contributed by atoms with Crippen LogP contribution >= 0.6 is 0 Å². The van der Waals surface area contributed by atoms with Crippen LogP contribution in [0.25, 0.3) is 0 Å². The zero-order chi connectivity index (χ0) is 23.0. The summed E-state index contributed by atoms with van der Waals surface area (Å²) in [5, 5.41) is 0. The van der Waals surface area contributed by atoms with Gasteiger partial charge in [0.15, 0.2) is 0 Å². The second-order valence-corrected chi connectivity index (χ2v) is 11.6. The Morgan fingerprint density at radius 3 is 2.41 bits per heavy atom. The lowest BCUT2D eigenvalue weighted by atomic mass is 9.95. The molecule has 0 radical (unpaired) electrons. The maximum atomic E-state index is 13.0. The van der Waals surface area contributed by atoms with Crippen LogP contribution in [0.2, 0.25) is 0 Å². The number of hydrogen-bond donors (Lipinski definition) is 1. The van der Waals surface area contributed by atoms with Crippen molar-refractivity contribution < 1.29 is 18.0 Å². The minimum atomic E-state index is -3.69.